The average Bonchev–Trinajstić information content (AvgIpc) is 2.35. The fourth-order valence-electron chi connectivity index (χ4n) is 1.32. The van der Waals surface area contributed by atoms with Crippen LogP contribution in [0.4, 0.5) is 0 Å². The van der Waals surface area contributed by atoms with Crippen molar-refractivity contribution in [3.63, 3.8) is 0 Å². The molecule has 84 valence electrons. The topological polar surface area (TPSA) is 12.4 Å². The predicted molar refractivity (Wildman–Crippen MR) is 72.6 cm³/mol. The molecule has 0 heterocycles. The van der Waals surface area contributed by atoms with E-state index in [2.05, 4.69) is 37.6 Å². The molecule has 16 heavy (non-hydrogen) atoms. The van der Waals surface area contributed by atoms with Gasteiger partial charge in [0.1, 0.15) is 0 Å². The van der Waals surface area contributed by atoms with Crippen molar-refractivity contribution in [2.45, 2.75) is 27.2 Å². The van der Waals surface area contributed by atoms with E-state index >= 15 is 0 Å². The minimum atomic E-state index is 0.952. The van der Waals surface area contributed by atoms with Crippen molar-refractivity contribution in [3.8, 4) is 0 Å². The van der Waals surface area contributed by atoms with Crippen LogP contribution < -0.4 is 0 Å². The van der Waals surface area contributed by atoms with E-state index in [0.717, 1.165) is 17.7 Å². The van der Waals surface area contributed by atoms with Gasteiger partial charge >= 0.3 is 0 Å². The molecule has 0 bridgehead atoms. The Balaban J connectivity index is 2.83. The Labute approximate surface area is 98.2 Å². The Morgan fingerprint density at radius 3 is 2.44 bits per heavy atom. The summed E-state index contributed by atoms with van der Waals surface area (Å²) in [5.74, 6) is 0. The van der Waals surface area contributed by atoms with Gasteiger partial charge in [-0.2, -0.15) is 0 Å². The first kappa shape index (κ1) is 12.4. The maximum atomic E-state index is 4.43. The number of rotatable bonds is 4. The molecule has 0 saturated carbocycles. The number of allylic oxidation sites excluding steroid dienone is 2. The van der Waals surface area contributed by atoms with E-state index in [1.807, 2.05) is 31.3 Å². The summed E-state index contributed by atoms with van der Waals surface area (Å²) in [6.07, 6.45) is 2.86. The van der Waals surface area contributed by atoms with Gasteiger partial charge in [0.05, 0.1) is 0 Å². The average molecular weight is 213 g/mol. The van der Waals surface area contributed by atoms with Crippen molar-refractivity contribution >= 4 is 11.3 Å². The second-order valence-corrected chi connectivity index (χ2v) is 3.85. The Hall–Kier alpha value is -1.63. The lowest BCUT2D eigenvalue weighted by molar-refractivity contribution is 1.17. The summed E-state index contributed by atoms with van der Waals surface area (Å²) in [5, 5.41) is 0. The fourth-order valence-corrected chi connectivity index (χ4v) is 1.32. The molecule has 1 heteroatoms. The molecule has 1 aromatic rings. The minimum absolute atomic E-state index is 0.952. The van der Waals surface area contributed by atoms with Gasteiger partial charge in [0.15, 0.2) is 0 Å². The van der Waals surface area contributed by atoms with Crippen molar-refractivity contribution in [2.24, 2.45) is 4.99 Å². The van der Waals surface area contributed by atoms with Gasteiger partial charge in [-0.05, 0) is 37.0 Å². The van der Waals surface area contributed by atoms with E-state index in [1.165, 1.54) is 11.1 Å². The van der Waals surface area contributed by atoms with E-state index in [4.69, 9.17) is 0 Å². The van der Waals surface area contributed by atoms with E-state index < -0.39 is 0 Å². The lowest BCUT2D eigenvalue weighted by atomic mass is 10.1. The van der Waals surface area contributed by atoms with E-state index in [0.29, 0.717) is 0 Å². The Morgan fingerprint density at radius 1 is 1.25 bits per heavy atom. The van der Waals surface area contributed by atoms with Crippen molar-refractivity contribution < 1.29 is 0 Å². The van der Waals surface area contributed by atoms with Crippen LogP contribution in [0.5, 0.6) is 0 Å². The number of benzene rings is 1. The van der Waals surface area contributed by atoms with Crippen LogP contribution in [0.1, 0.15) is 32.8 Å². The minimum Gasteiger partial charge on any atom is -0.261 e. The molecule has 0 spiro atoms. The van der Waals surface area contributed by atoms with Crippen LogP contribution in [-0.4, -0.2) is 5.71 Å². The van der Waals surface area contributed by atoms with Crippen molar-refractivity contribution in [2.75, 3.05) is 0 Å². The molecule has 0 atom stereocenters. The van der Waals surface area contributed by atoms with E-state index in [9.17, 15) is 0 Å². The second kappa shape index (κ2) is 6.06. The lowest BCUT2D eigenvalue weighted by Crippen LogP contribution is -1.93. The molecule has 1 rings (SSSR count). The van der Waals surface area contributed by atoms with Gasteiger partial charge in [-0.25, -0.2) is 0 Å². The van der Waals surface area contributed by atoms with Gasteiger partial charge in [0.2, 0.25) is 0 Å². The standard InChI is InChI=1S/C15H19N/c1-5-12(2)14(4)16-11-13(3)15-9-7-6-8-10-15/h6-11H,2,5H2,1,3-4H3/b13-11+,16-14?. The normalized spacial score (nSPS) is 12.7. The van der Waals surface area contributed by atoms with Gasteiger partial charge in [-0.1, -0.05) is 43.8 Å². The molecular formula is C15H19N. The summed E-state index contributed by atoms with van der Waals surface area (Å²) >= 11 is 0. The van der Waals surface area contributed by atoms with Gasteiger partial charge < -0.3 is 0 Å². The van der Waals surface area contributed by atoms with Gasteiger partial charge in [-0.3, -0.25) is 4.99 Å². The molecule has 0 aliphatic carbocycles. The van der Waals surface area contributed by atoms with Crippen LogP contribution in [0.25, 0.3) is 5.57 Å². The highest BCUT2D eigenvalue weighted by Crippen LogP contribution is 2.13. The zero-order valence-corrected chi connectivity index (χ0v) is 10.3. The maximum Gasteiger partial charge on any atom is 0.0398 e. The molecule has 0 fully saturated rings. The summed E-state index contributed by atoms with van der Waals surface area (Å²) in [4.78, 5) is 4.43. The Kier molecular flexibility index (Phi) is 4.71. The third-order valence-electron chi connectivity index (χ3n) is 2.62. The fraction of sp³-hybridized carbons (Fsp3) is 0.267. The number of hydrogen-bond acceptors (Lipinski definition) is 1. The smallest absolute Gasteiger partial charge is 0.0398 e. The number of hydrogen-bond donors (Lipinski definition) is 0. The van der Waals surface area contributed by atoms with Gasteiger partial charge in [-0.15, -0.1) is 0 Å². The summed E-state index contributed by atoms with van der Waals surface area (Å²) in [6, 6.07) is 10.3. The Bertz CT molecular complexity index is 410. The lowest BCUT2D eigenvalue weighted by Gasteiger charge is -2.01. The first-order chi connectivity index (χ1) is 7.65. The highest BCUT2D eigenvalue weighted by Gasteiger charge is 1.95. The molecule has 1 nitrogen and oxygen atoms in total. The summed E-state index contributed by atoms with van der Waals surface area (Å²) in [5.41, 5.74) is 4.49. The number of aliphatic imine (C=N–C) groups is 1. The monoisotopic (exact) mass is 213 g/mol. The largest absolute Gasteiger partial charge is 0.261 e. The first-order valence-corrected chi connectivity index (χ1v) is 5.60. The Morgan fingerprint density at radius 2 is 1.88 bits per heavy atom. The third-order valence-corrected chi connectivity index (χ3v) is 2.62. The molecule has 0 radical (unpaired) electrons. The van der Waals surface area contributed by atoms with E-state index in [-0.39, 0.29) is 0 Å². The third kappa shape index (κ3) is 3.50. The summed E-state index contributed by atoms with van der Waals surface area (Å²) < 4.78 is 0. The van der Waals surface area contributed by atoms with Gasteiger partial charge in [0.25, 0.3) is 0 Å². The van der Waals surface area contributed by atoms with Crippen molar-refractivity contribution in [1.82, 2.24) is 0 Å². The van der Waals surface area contributed by atoms with Crippen LogP contribution >= 0.6 is 0 Å². The summed E-state index contributed by atoms with van der Waals surface area (Å²) in [6.45, 7) is 10.1. The molecular weight excluding hydrogens is 194 g/mol. The van der Waals surface area contributed by atoms with Crippen LogP contribution in [0.3, 0.4) is 0 Å². The molecule has 0 N–H and O–H groups in total. The first-order valence-electron chi connectivity index (χ1n) is 5.60. The van der Waals surface area contributed by atoms with Crippen LogP contribution in [0, 0.1) is 0 Å². The molecule has 1 aromatic carbocycles. The number of nitrogens with zero attached hydrogens (tertiary/aromatic N) is 1. The second-order valence-electron chi connectivity index (χ2n) is 3.85. The van der Waals surface area contributed by atoms with Crippen molar-refractivity contribution in [3.05, 3.63) is 54.2 Å². The molecule has 0 aliphatic heterocycles. The van der Waals surface area contributed by atoms with Crippen LogP contribution in [0.2, 0.25) is 0 Å². The highest BCUT2D eigenvalue weighted by atomic mass is 14.7. The summed E-state index contributed by atoms with van der Waals surface area (Å²) in [7, 11) is 0. The predicted octanol–water partition coefficient (Wildman–Crippen LogP) is 4.47. The quantitative estimate of drug-likeness (QED) is 0.654. The molecule has 0 saturated heterocycles. The van der Waals surface area contributed by atoms with Crippen molar-refractivity contribution in [1.29, 1.82) is 0 Å². The van der Waals surface area contributed by atoms with Crippen LogP contribution in [-0.2, 0) is 0 Å². The molecule has 0 aromatic heterocycles. The SMILES string of the molecule is C=C(CC)C(C)=N/C=C(\C)c1ccccc1. The van der Waals surface area contributed by atoms with E-state index in [1.54, 1.807) is 0 Å². The maximum absolute atomic E-state index is 4.43. The zero-order chi connectivity index (χ0) is 12.0. The molecule has 0 unspecified atom stereocenters. The van der Waals surface area contributed by atoms with Gasteiger partial charge in [0, 0.05) is 11.9 Å². The molecule has 0 aliphatic rings. The van der Waals surface area contributed by atoms with Crippen LogP contribution in [0.15, 0.2) is 53.7 Å². The molecule has 0 amide bonds. The zero-order valence-electron chi connectivity index (χ0n) is 10.3. The highest BCUT2D eigenvalue weighted by molar-refractivity contribution is 5.98.